The number of piperidine rings is 1. The van der Waals surface area contributed by atoms with Gasteiger partial charge in [-0.2, -0.15) is 0 Å². The van der Waals surface area contributed by atoms with E-state index < -0.39 is 11.5 Å². The summed E-state index contributed by atoms with van der Waals surface area (Å²) in [5.74, 6) is 0.415. The van der Waals surface area contributed by atoms with E-state index in [2.05, 4.69) is 32.6 Å². The number of rotatable bonds is 4. The zero-order valence-electron chi connectivity index (χ0n) is 12.3. The average molecular weight is 256 g/mol. The van der Waals surface area contributed by atoms with E-state index in [-0.39, 0.29) is 6.04 Å². The summed E-state index contributed by atoms with van der Waals surface area (Å²) < 4.78 is 0. The van der Waals surface area contributed by atoms with Gasteiger partial charge in [0.15, 0.2) is 0 Å². The van der Waals surface area contributed by atoms with Gasteiger partial charge >= 0.3 is 5.97 Å². The molecule has 0 bridgehead atoms. The van der Waals surface area contributed by atoms with Crippen molar-refractivity contribution >= 4 is 5.97 Å². The lowest BCUT2D eigenvalue weighted by Gasteiger charge is -2.45. The molecule has 0 aromatic carbocycles. The zero-order valence-corrected chi connectivity index (χ0v) is 12.3. The van der Waals surface area contributed by atoms with Gasteiger partial charge in [0.05, 0.1) is 0 Å². The van der Waals surface area contributed by atoms with E-state index in [9.17, 15) is 4.79 Å². The summed E-state index contributed by atoms with van der Waals surface area (Å²) in [5, 5.41) is 9.11. The molecule has 0 aromatic rings. The van der Waals surface area contributed by atoms with Crippen molar-refractivity contribution < 1.29 is 9.90 Å². The fraction of sp³-hybridized carbons (Fsp3) is 0.929. The number of nitrogens with zero attached hydrogens (tertiary/aromatic N) is 1. The maximum atomic E-state index is 11.1. The van der Waals surface area contributed by atoms with Crippen molar-refractivity contribution in [2.24, 2.45) is 17.6 Å². The third kappa shape index (κ3) is 3.45. The number of carboxylic acid groups (broad SMARTS) is 1. The molecule has 0 spiro atoms. The molecule has 0 aromatic heterocycles. The standard InChI is InChI=1S/C14H28N2O2/c1-9-6-10(2)12(4)16(8-9)11(3)7-14(5,15)13(17)18/h9-12H,6-8,15H2,1-5H3,(H,17,18). The predicted octanol–water partition coefficient (Wildman–Crippen LogP) is 1.93. The highest BCUT2D eigenvalue weighted by Crippen LogP contribution is 2.30. The lowest BCUT2D eigenvalue weighted by Crippen LogP contribution is -2.55. The lowest BCUT2D eigenvalue weighted by molar-refractivity contribution is -0.143. The first-order valence-electron chi connectivity index (χ1n) is 6.93. The molecule has 106 valence electrons. The topological polar surface area (TPSA) is 66.6 Å². The molecule has 1 rings (SSSR count). The minimum atomic E-state index is -1.14. The Morgan fingerprint density at radius 1 is 1.50 bits per heavy atom. The van der Waals surface area contributed by atoms with Crippen molar-refractivity contribution in [1.29, 1.82) is 0 Å². The second-order valence-corrected chi connectivity index (χ2v) is 6.53. The molecule has 1 heterocycles. The molecule has 4 heteroatoms. The smallest absolute Gasteiger partial charge is 0.323 e. The number of hydrogen-bond acceptors (Lipinski definition) is 3. The molecule has 0 saturated carbocycles. The summed E-state index contributed by atoms with van der Waals surface area (Å²) in [6, 6.07) is 0.706. The zero-order chi connectivity index (χ0) is 14.1. The molecule has 1 aliphatic heterocycles. The van der Waals surface area contributed by atoms with E-state index >= 15 is 0 Å². The van der Waals surface area contributed by atoms with E-state index in [1.807, 2.05) is 0 Å². The van der Waals surface area contributed by atoms with Crippen molar-refractivity contribution in [3.8, 4) is 0 Å². The van der Waals surface area contributed by atoms with Gasteiger partial charge in [-0.15, -0.1) is 0 Å². The second kappa shape index (κ2) is 5.57. The van der Waals surface area contributed by atoms with Gasteiger partial charge in [-0.05, 0) is 45.4 Å². The van der Waals surface area contributed by atoms with Gasteiger partial charge in [-0.3, -0.25) is 9.69 Å². The van der Waals surface area contributed by atoms with Gasteiger partial charge in [-0.25, -0.2) is 0 Å². The van der Waals surface area contributed by atoms with Crippen molar-refractivity contribution in [2.75, 3.05) is 6.54 Å². The van der Waals surface area contributed by atoms with Crippen LogP contribution in [0.4, 0.5) is 0 Å². The fourth-order valence-corrected chi connectivity index (χ4v) is 3.16. The summed E-state index contributed by atoms with van der Waals surface area (Å²) in [5.41, 5.74) is 4.72. The van der Waals surface area contributed by atoms with Crippen LogP contribution in [0.1, 0.15) is 47.5 Å². The second-order valence-electron chi connectivity index (χ2n) is 6.53. The van der Waals surface area contributed by atoms with Gasteiger partial charge in [-0.1, -0.05) is 13.8 Å². The molecule has 0 amide bonds. The Morgan fingerprint density at radius 2 is 2.06 bits per heavy atom. The van der Waals surface area contributed by atoms with E-state index in [1.165, 1.54) is 6.42 Å². The van der Waals surface area contributed by atoms with E-state index in [1.54, 1.807) is 6.92 Å². The quantitative estimate of drug-likeness (QED) is 0.806. The van der Waals surface area contributed by atoms with Crippen LogP contribution < -0.4 is 5.73 Å². The maximum absolute atomic E-state index is 11.1. The van der Waals surface area contributed by atoms with Crippen molar-refractivity contribution in [3.05, 3.63) is 0 Å². The fourth-order valence-electron chi connectivity index (χ4n) is 3.16. The number of carboxylic acids is 1. The molecule has 0 aliphatic carbocycles. The van der Waals surface area contributed by atoms with Crippen LogP contribution in [0, 0.1) is 11.8 Å². The van der Waals surface area contributed by atoms with Crippen molar-refractivity contribution in [1.82, 2.24) is 4.90 Å². The van der Waals surface area contributed by atoms with Crippen LogP contribution in [-0.4, -0.2) is 40.1 Å². The van der Waals surface area contributed by atoms with E-state index in [0.29, 0.717) is 24.3 Å². The molecule has 3 N–H and O–H groups in total. The molecular formula is C14H28N2O2. The predicted molar refractivity (Wildman–Crippen MR) is 73.4 cm³/mol. The van der Waals surface area contributed by atoms with Gasteiger partial charge in [0.25, 0.3) is 0 Å². The lowest BCUT2D eigenvalue weighted by atomic mass is 9.83. The van der Waals surface area contributed by atoms with Crippen molar-refractivity contribution in [2.45, 2.75) is 65.1 Å². The highest BCUT2D eigenvalue weighted by atomic mass is 16.4. The first kappa shape index (κ1) is 15.4. The van der Waals surface area contributed by atoms with Crippen LogP contribution in [0.2, 0.25) is 0 Å². The van der Waals surface area contributed by atoms with Gasteiger partial charge in [0, 0.05) is 18.6 Å². The first-order chi connectivity index (χ1) is 8.15. The normalized spacial score (nSPS) is 34.9. The summed E-state index contributed by atoms with van der Waals surface area (Å²) in [6.07, 6.45) is 1.75. The van der Waals surface area contributed by atoms with Crippen LogP contribution in [0.25, 0.3) is 0 Å². The van der Waals surface area contributed by atoms with Gasteiger partial charge in [0.1, 0.15) is 5.54 Å². The molecular weight excluding hydrogens is 228 g/mol. The number of aliphatic carboxylic acids is 1. The molecule has 5 atom stereocenters. The largest absolute Gasteiger partial charge is 0.480 e. The monoisotopic (exact) mass is 256 g/mol. The maximum Gasteiger partial charge on any atom is 0.323 e. The summed E-state index contributed by atoms with van der Waals surface area (Å²) in [7, 11) is 0. The van der Waals surface area contributed by atoms with Crippen molar-refractivity contribution in [3.63, 3.8) is 0 Å². The molecule has 1 saturated heterocycles. The molecule has 4 nitrogen and oxygen atoms in total. The Hall–Kier alpha value is -0.610. The summed E-state index contributed by atoms with van der Waals surface area (Å²) in [6.45, 7) is 11.5. The number of nitrogens with two attached hydrogens (primary N) is 1. The molecule has 18 heavy (non-hydrogen) atoms. The van der Waals surface area contributed by atoms with E-state index in [0.717, 1.165) is 6.54 Å². The number of carbonyl (C=O) groups is 1. The van der Waals surface area contributed by atoms with Crippen LogP contribution in [0.3, 0.4) is 0 Å². The molecule has 1 aliphatic rings. The van der Waals surface area contributed by atoms with Crippen LogP contribution in [-0.2, 0) is 4.79 Å². The number of hydrogen-bond donors (Lipinski definition) is 2. The minimum Gasteiger partial charge on any atom is -0.480 e. The average Bonchev–Trinajstić information content (AvgIpc) is 2.22. The molecule has 5 unspecified atom stereocenters. The summed E-state index contributed by atoms with van der Waals surface area (Å²) in [4.78, 5) is 13.5. The van der Waals surface area contributed by atoms with Crippen LogP contribution in [0.15, 0.2) is 0 Å². The Morgan fingerprint density at radius 3 is 2.56 bits per heavy atom. The van der Waals surface area contributed by atoms with Gasteiger partial charge in [0.2, 0.25) is 0 Å². The Kier molecular flexibility index (Phi) is 4.78. The highest BCUT2D eigenvalue weighted by molar-refractivity contribution is 5.77. The Balaban J connectivity index is 2.70. The summed E-state index contributed by atoms with van der Waals surface area (Å²) >= 11 is 0. The highest BCUT2D eigenvalue weighted by Gasteiger charge is 2.36. The van der Waals surface area contributed by atoms with Gasteiger partial charge < -0.3 is 10.8 Å². The first-order valence-corrected chi connectivity index (χ1v) is 6.93. The molecule has 1 fully saturated rings. The minimum absolute atomic E-state index is 0.205. The number of likely N-dealkylation sites (tertiary alicyclic amines) is 1. The van der Waals surface area contributed by atoms with Crippen LogP contribution >= 0.6 is 0 Å². The third-order valence-corrected chi connectivity index (χ3v) is 4.42. The third-order valence-electron chi connectivity index (χ3n) is 4.42. The SMILES string of the molecule is CC1CC(C)C(C)N(C(C)CC(C)(N)C(=O)O)C1. The Labute approximate surface area is 111 Å². The molecule has 0 radical (unpaired) electrons. The van der Waals surface area contributed by atoms with Crippen LogP contribution in [0.5, 0.6) is 0 Å². The Bertz CT molecular complexity index is 304. The van der Waals surface area contributed by atoms with E-state index in [4.69, 9.17) is 10.8 Å².